The summed E-state index contributed by atoms with van der Waals surface area (Å²) in [5.74, 6) is 0.791. The third-order valence-corrected chi connectivity index (χ3v) is 14.9. The van der Waals surface area contributed by atoms with Crippen molar-refractivity contribution in [2.24, 2.45) is 5.73 Å². The molecule has 3 aliphatic rings. The molecule has 0 aliphatic carbocycles. The minimum Gasteiger partial charge on any atom is -0.494 e. The van der Waals surface area contributed by atoms with Gasteiger partial charge in [0.05, 0.1) is 29.8 Å². The molecular formula is C61H66ClFN8O4. The van der Waals surface area contributed by atoms with Gasteiger partial charge in [-0.25, -0.2) is 4.39 Å². The number of nitrogens with one attached hydrogen (secondary N) is 1. The molecule has 0 atom stereocenters. The first kappa shape index (κ1) is 51.2. The van der Waals surface area contributed by atoms with Gasteiger partial charge in [0, 0.05) is 130 Å². The van der Waals surface area contributed by atoms with Gasteiger partial charge in [0.15, 0.2) is 0 Å². The van der Waals surface area contributed by atoms with Gasteiger partial charge >= 0.3 is 0 Å². The molecule has 388 valence electrons. The van der Waals surface area contributed by atoms with Crippen LogP contribution in [0.25, 0.3) is 21.8 Å². The Morgan fingerprint density at radius 3 is 1.87 bits per heavy atom. The van der Waals surface area contributed by atoms with Crippen molar-refractivity contribution in [3.8, 4) is 11.5 Å². The number of ether oxygens (including phenoxy) is 2. The molecule has 0 unspecified atom stereocenters. The quantitative estimate of drug-likeness (QED) is 0.0817. The van der Waals surface area contributed by atoms with E-state index in [9.17, 15) is 14.0 Å². The number of halogens is 2. The molecule has 8 aromatic rings. The second kappa shape index (κ2) is 24.4. The van der Waals surface area contributed by atoms with Crippen molar-refractivity contribution < 1.29 is 23.5 Å². The second-order valence-electron chi connectivity index (χ2n) is 19.7. The zero-order valence-electron chi connectivity index (χ0n) is 42.5. The number of amides is 2. The zero-order valence-corrected chi connectivity index (χ0v) is 43.3. The molecule has 3 N–H and O–H groups in total. The molecule has 14 heteroatoms. The first-order valence-electron chi connectivity index (χ1n) is 26.4. The predicted octanol–water partition coefficient (Wildman–Crippen LogP) is 10.7. The first-order valence-corrected chi connectivity index (χ1v) is 26.7. The lowest BCUT2D eigenvalue weighted by atomic mass is 10.0. The molecule has 11 rings (SSSR count). The van der Waals surface area contributed by atoms with Gasteiger partial charge in [-0.15, -0.1) is 0 Å². The van der Waals surface area contributed by atoms with Crippen molar-refractivity contribution in [3.05, 3.63) is 185 Å². The number of fused-ring (bicyclic) bond motifs is 3. The molecule has 75 heavy (non-hydrogen) atoms. The van der Waals surface area contributed by atoms with E-state index >= 15 is 0 Å². The van der Waals surface area contributed by atoms with Gasteiger partial charge in [-0.2, -0.15) is 0 Å². The monoisotopic (exact) mass is 1030 g/mol. The number of benzene rings is 6. The van der Waals surface area contributed by atoms with Gasteiger partial charge < -0.3 is 39.5 Å². The number of unbranched alkanes of at least 4 members (excludes halogenated alkanes) is 1. The summed E-state index contributed by atoms with van der Waals surface area (Å²) < 4.78 is 29.6. The molecule has 2 fully saturated rings. The predicted molar refractivity (Wildman–Crippen MR) is 300 cm³/mol. The molecule has 6 aromatic carbocycles. The van der Waals surface area contributed by atoms with Crippen LogP contribution in [0.1, 0.15) is 52.7 Å². The number of piperazine rings is 2. The fourth-order valence-electron chi connectivity index (χ4n) is 10.6. The summed E-state index contributed by atoms with van der Waals surface area (Å²) in [7, 11) is 0. The maximum atomic E-state index is 13.3. The summed E-state index contributed by atoms with van der Waals surface area (Å²) in [4.78, 5) is 33.2. The Kier molecular flexibility index (Phi) is 16.6. The lowest BCUT2D eigenvalue weighted by Crippen LogP contribution is -2.46. The van der Waals surface area contributed by atoms with Crippen LogP contribution in [0.2, 0.25) is 5.02 Å². The highest BCUT2D eigenvalue weighted by molar-refractivity contribution is 6.30. The van der Waals surface area contributed by atoms with E-state index in [-0.39, 0.29) is 11.7 Å². The molecule has 2 amide bonds. The third kappa shape index (κ3) is 13.0. The average molecular weight is 1030 g/mol. The number of anilines is 3. The van der Waals surface area contributed by atoms with Gasteiger partial charge in [0.1, 0.15) is 17.3 Å². The van der Waals surface area contributed by atoms with Gasteiger partial charge in [0.25, 0.3) is 5.91 Å². The van der Waals surface area contributed by atoms with E-state index in [4.69, 9.17) is 26.8 Å². The van der Waals surface area contributed by atoms with Gasteiger partial charge in [-0.3, -0.25) is 19.4 Å². The summed E-state index contributed by atoms with van der Waals surface area (Å²) in [6.45, 7) is 13.0. The molecule has 12 nitrogen and oxygen atoms in total. The van der Waals surface area contributed by atoms with Crippen molar-refractivity contribution in [2.45, 2.75) is 45.2 Å². The smallest absolute Gasteiger partial charge is 0.252 e. The molecule has 3 aliphatic heterocycles. The van der Waals surface area contributed by atoms with Crippen LogP contribution >= 0.6 is 11.6 Å². The molecular weight excluding hydrogens is 963 g/mol. The number of hydrogen-bond donors (Lipinski definition) is 2. The van der Waals surface area contributed by atoms with Crippen molar-refractivity contribution >= 4 is 62.3 Å². The van der Waals surface area contributed by atoms with Crippen molar-refractivity contribution in [1.29, 1.82) is 0 Å². The molecule has 2 aromatic heterocycles. The van der Waals surface area contributed by atoms with E-state index in [1.807, 2.05) is 48.5 Å². The van der Waals surface area contributed by atoms with Crippen LogP contribution in [0.15, 0.2) is 152 Å². The minimum atomic E-state index is -0.470. The molecule has 0 saturated carbocycles. The first-order chi connectivity index (χ1) is 36.7. The third-order valence-electron chi connectivity index (χ3n) is 14.7. The van der Waals surface area contributed by atoms with E-state index in [0.29, 0.717) is 37.5 Å². The van der Waals surface area contributed by atoms with Crippen LogP contribution < -0.4 is 30.3 Å². The number of aromatic nitrogens is 2. The van der Waals surface area contributed by atoms with Crippen LogP contribution in [0, 0.1) is 5.82 Å². The summed E-state index contributed by atoms with van der Waals surface area (Å²) in [6.07, 6.45) is 8.69. The van der Waals surface area contributed by atoms with Crippen LogP contribution in [-0.2, 0) is 24.3 Å². The fraction of sp³-hybridized carbons (Fsp3) is 0.311. The zero-order chi connectivity index (χ0) is 51.5. The Morgan fingerprint density at radius 2 is 1.21 bits per heavy atom. The molecule has 5 heterocycles. The number of carbonyl (C=O) groups excluding carboxylic acids is 2. The van der Waals surface area contributed by atoms with Gasteiger partial charge in [-0.05, 0) is 128 Å². The average Bonchev–Trinajstić information content (AvgIpc) is 4.05. The Hall–Kier alpha value is -7.32. The number of para-hydroxylation sites is 1. The number of aryl methyl sites for hydroxylation is 1. The Bertz CT molecular complexity index is 3210. The maximum Gasteiger partial charge on any atom is 0.252 e. The van der Waals surface area contributed by atoms with Crippen LogP contribution in [-0.4, -0.2) is 109 Å². The lowest BCUT2D eigenvalue weighted by Gasteiger charge is -2.36. The van der Waals surface area contributed by atoms with Crippen LogP contribution in [0.4, 0.5) is 21.5 Å². The highest BCUT2D eigenvalue weighted by Crippen LogP contribution is 2.32. The number of nitrogens with two attached hydrogens (primary N) is 1. The minimum absolute atomic E-state index is 0.0867. The van der Waals surface area contributed by atoms with E-state index in [2.05, 4.69) is 107 Å². The summed E-state index contributed by atoms with van der Waals surface area (Å²) in [5.41, 5.74) is 15.3. The largest absolute Gasteiger partial charge is 0.494 e. The number of primary amides is 1. The summed E-state index contributed by atoms with van der Waals surface area (Å²) in [5, 5.41) is 6.28. The standard InChI is InChI=1S/C32H35ClN4O2.C29H31FN4O2/c33-26-6-3-5-24(21-26)23-37-15-13-28-30(7-4-8-31(28)37)36-18-16-35(17-19-36)14-1-2-20-39-27-11-9-25-10-12-32(38)34-29(25)22-27;30-23-11-9-22(10-12-23)21-34-15-13-24-26(6-3-7-27(24)34)33-18-16-32(17-19-33)14-4-20-36-28-8-2-1-5-25(28)29(31)35/h3-9,11,13,15,21-22H,1-2,10,12,14,16-20,23H2,(H,34,38);1-3,5-13,15H,4,14,16-21H2,(H2,31,35). The highest BCUT2D eigenvalue weighted by atomic mass is 35.5. The number of hydrogen-bond acceptors (Lipinski definition) is 8. The Balaban J connectivity index is 0.000000172. The van der Waals surface area contributed by atoms with E-state index in [1.54, 1.807) is 18.2 Å². The molecule has 2 saturated heterocycles. The van der Waals surface area contributed by atoms with Crippen molar-refractivity contribution in [1.82, 2.24) is 18.9 Å². The topological polar surface area (TPSA) is 113 Å². The van der Waals surface area contributed by atoms with E-state index < -0.39 is 5.91 Å². The Labute approximate surface area is 444 Å². The van der Waals surface area contributed by atoms with Crippen molar-refractivity contribution in [3.63, 3.8) is 0 Å². The maximum absolute atomic E-state index is 13.3. The van der Waals surface area contributed by atoms with Gasteiger partial charge in [-0.1, -0.05) is 66.2 Å². The van der Waals surface area contributed by atoms with Crippen LogP contribution in [0.3, 0.4) is 0 Å². The number of rotatable bonds is 18. The second-order valence-corrected chi connectivity index (χ2v) is 20.1. The molecule has 0 radical (unpaired) electrons. The van der Waals surface area contributed by atoms with E-state index in [0.717, 1.165) is 120 Å². The molecule has 0 bridgehead atoms. The number of nitrogens with zero attached hydrogens (tertiary/aromatic N) is 6. The van der Waals surface area contributed by atoms with Crippen molar-refractivity contribution in [2.75, 3.05) is 93.8 Å². The summed E-state index contributed by atoms with van der Waals surface area (Å²) in [6, 6.07) is 45.5. The lowest BCUT2D eigenvalue weighted by molar-refractivity contribution is -0.116. The SMILES string of the molecule is NC(=O)c1ccccc1OCCCN1CCN(c2cccc3c2ccn3Cc2ccc(F)cc2)CC1.O=C1CCc2ccc(OCCCCN3CCN(c4cccc5c4ccn5Cc4cccc(Cl)c4)CC3)cc2N1. The summed E-state index contributed by atoms with van der Waals surface area (Å²) >= 11 is 6.20. The van der Waals surface area contributed by atoms with Gasteiger partial charge in [0.2, 0.25) is 5.91 Å². The fourth-order valence-corrected chi connectivity index (χ4v) is 10.8. The Morgan fingerprint density at radius 1 is 0.600 bits per heavy atom. The van der Waals surface area contributed by atoms with E-state index in [1.165, 1.54) is 56.4 Å². The molecule has 0 spiro atoms. The number of carbonyl (C=O) groups is 2. The highest BCUT2D eigenvalue weighted by Gasteiger charge is 2.22. The normalized spacial score (nSPS) is 15.1. The van der Waals surface area contributed by atoms with Crippen LogP contribution in [0.5, 0.6) is 11.5 Å².